The molecule has 1 amide bonds. The lowest BCUT2D eigenvalue weighted by Gasteiger charge is -2.07. The van der Waals surface area contributed by atoms with Crippen molar-refractivity contribution in [3.05, 3.63) is 47.3 Å². The molecule has 110 valence electrons. The van der Waals surface area contributed by atoms with Crippen molar-refractivity contribution in [2.24, 2.45) is 5.73 Å². The van der Waals surface area contributed by atoms with E-state index in [-0.39, 0.29) is 12.5 Å². The summed E-state index contributed by atoms with van der Waals surface area (Å²) in [4.78, 5) is 12.0. The van der Waals surface area contributed by atoms with Gasteiger partial charge in [0, 0.05) is 23.4 Å². The molecule has 0 saturated carbocycles. The average molecular weight is 304 g/mol. The lowest BCUT2D eigenvalue weighted by Crippen LogP contribution is -2.28. The molecule has 1 aromatic carbocycles. The molecule has 0 atom stereocenters. The molecule has 6 nitrogen and oxygen atoms in total. The van der Waals surface area contributed by atoms with Crippen LogP contribution in [-0.4, -0.2) is 27.7 Å². The van der Waals surface area contributed by atoms with Crippen molar-refractivity contribution in [2.75, 3.05) is 6.61 Å². The molecule has 1 aromatic heterocycles. The SMILES string of the molecule is Cc1[nH]ncc1CNC(=O)COc1ccc(C(N)=S)cc1. The van der Waals surface area contributed by atoms with Crippen LogP contribution < -0.4 is 15.8 Å². The molecule has 0 bridgehead atoms. The van der Waals surface area contributed by atoms with Gasteiger partial charge in [0.2, 0.25) is 0 Å². The normalized spacial score (nSPS) is 10.1. The fraction of sp³-hybridized carbons (Fsp3) is 0.214. The van der Waals surface area contributed by atoms with Gasteiger partial charge in [0.05, 0.1) is 6.20 Å². The number of H-pyrrole nitrogens is 1. The van der Waals surface area contributed by atoms with E-state index in [4.69, 9.17) is 22.7 Å². The second kappa shape index (κ2) is 6.85. The van der Waals surface area contributed by atoms with Crippen molar-refractivity contribution in [2.45, 2.75) is 13.5 Å². The van der Waals surface area contributed by atoms with Crippen LogP contribution >= 0.6 is 12.2 Å². The fourth-order valence-corrected chi connectivity index (χ4v) is 1.80. The Balaban J connectivity index is 1.78. The molecule has 21 heavy (non-hydrogen) atoms. The Kier molecular flexibility index (Phi) is 4.89. The summed E-state index contributed by atoms with van der Waals surface area (Å²) in [5.74, 6) is 0.388. The highest BCUT2D eigenvalue weighted by Gasteiger charge is 2.05. The first-order chi connectivity index (χ1) is 10.1. The Morgan fingerprint density at radius 2 is 2.14 bits per heavy atom. The van der Waals surface area contributed by atoms with Gasteiger partial charge >= 0.3 is 0 Å². The topological polar surface area (TPSA) is 93.0 Å². The highest BCUT2D eigenvalue weighted by molar-refractivity contribution is 7.80. The first-order valence-electron chi connectivity index (χ1n) is 6.34. The second-order valence-electron chi connectivity index (χ2n) is 4.47. The Labute approximate surface area is 127 Å². The molecule has 0 aliphatic rings. The van der Waals surface area contributed by atoms with Crippen LogP contribution in [0.5, 0.6) is 5.75 Å². The summed E-state index contributed by atoms with van der Waals surface area (Å²) in [6.07, 6.45) is 1.69. The number of aromatic nitrogens is 2. The monoisotopic (exact) mass is 304 g/mol. The largest absolute Gasteiger partial charge is 0.484 e. The smallest absolute Gasteiger partial charge is 0.258 e. The first-order valence-corrected chi connectivity index (χ1v) is 6.75. The van der Waals surface area contributed by atoms with E-state index in [1.54, 1.807) is 30.5 Å². The number of nitrogens with zero attached hydrogens (tertiary/aromatic N) is 1. The average Bonchev–Trinajstić information content (AvgIpc) is 2.88. The third-order valence-electron chi connectivity index (χ3n) is 2.92. The van der Waals surface area contributed by atoms with Crippen LogP contribution in [0.3, 0.4) is 0 Å². The number of aromatic amines is 1. The minimum Gasteiger partial charge on any atom is -0.484 e. The maximum absolute atomic E-state index is 11.7. The van der Waals surface area contributed by atoms with Gasteiger partial charge in [0.1, 0.15) is 10.7 Å². The molecule has 0 saturated heterocycles. The van der Waals surface area contributed by atoms with Gasteiger partial charge in [-0.3, -0.25) is 9.89 Å². The molecule has 2 aromatic rings. The quantitative estimate of drug-likeness (QED) is 0.694. The van der Waals surface area contributed by atoms with Gasteiger partial charge < -0.3 is 15.8 Å². The number of hydrogen-bond donors (Lipinski definition) is 3. The summed E-state index contributed by atoms with van der Waals surface area (Å²) in [7, 11) is 0. The minimum absolute atomic E-state index is 0.0523. The Hall–Kier alpha value is -2.41. The molecule has 0 radical (unpaired) electrons. The number of hydrogen-bond acceptors (Lipinski definition) is 4. The molecular weight excluding hydrogens is 288 g/mol. The van der Waals surface area contributed by atoms with Crippen LogP contribution in [0, 0.1) is 6.92 Å². The van der Waals surface area contributed by atoms with E-state index in [1.807, 2.05) is 6.92 Å². The highest BCUT2D eigenvalue weighted by Crippen LogP contribution is 2.12. The molecule has 0 aliphatic heterocycles. The predicted octanol–water partition coefficient (Wildman–Crippen LogP) is 1.05. The number of thiocarbonyl (C=S) groups is 1. The van der Waals surface area contributed by atoms with E-state index >= 15 is 0 Å². The van der Waals surface area contributed by atoms with Gasteiger partial charge in [0.15, 0.2) is 6.61 Å². The summed E-state index contributed by atoms with van der Waals surface area (Å²) in [5, 5.41) is 9.46. The van der Waals surface area contributed by atoms with Crippen LogP contribution in [0.15, 0.2) is 30.5 Å². The van der Waals surface area contributed by atoms with Crippen LogP contribution in [0.2, 0.25) is 0 Å². The summed E-state index contributed by atoms with van der Waals surface area (Å²) in [6, 6.07) is 6.96. The zero-order valence-electron chi connectivity index (χ0n) is 11.6. The Morgan fingerprint density at radius 1 is 1.43 bits per heavy atom. The van der Waals surface area contributed by atoms with Gasteiger partial charge in [0.25, 0.3) is 5.91 Å². The van der Waals surface area contributed by atoms with Crippen molar-refractivity contribution in [3.63, 3.8) is 0 Å². The molecule has 1 heterocycles. The molecular formula is C14H16N4O2S. The van der Waals surface area contributed by atoms with Crippen LogP contribution in [0.25, 0.3) is 0 Å². The summed E-state index contributed by atoms with van der Waals surface area (Å²) in [6.45, 7) is 2.27. The number of carbonyl (C=O) groups is 1. The van der Waals surface area contributed by atoms with Crippen molar-refractivity contribution in [1.29, 1.82) is 0 Å². The van der Waals surface area contributed by atoms with E-state index in [2.05, 4.69) is 15.5 Å². The number of amides is 1. The number of rotatable bonds is 6. The third-order valence-corrected chi connectivity index (χ3v) is 3.15. The second-order valence-corrected chi connectivity index (χ2v) is 4.91. The number of ether oxygens (including phenoxy) is 1. The third kappa shape index (κ3) is 4.28. The fourth-order valence-electron chi connectivity index (χ4n) is 1.66. The van der Waals surface area contributed by atoms with Gasteiger partial charge in [-0.05, 0) is 31.2 Å². The summed E-state index contributed by atoms with van der Waals surface area (Å²) in [5.41, 5.74) is 8.15. The standard InChI is InChI=1S/C14H16N4O2S/c1-9-11(7-17-18-9)6-16-13(19)8-20-12-4-2-10(3-5-12)14(15)21/h2-5,7H,6,8H2,1H3,(H2,15,21)(H,16,19)(H,17,18). The molecule has 0 spiro atoms. The van der Waals surface area contributed by atoms with E-state index in [9.17, 15) is 4.79 Å². The number of carbonyl (C=O) groups excluding carboxylic acids is 1. The molecule has 0 fully saturated rings. The molecule has 0 unspecified atom stereocenters. The Morgan fingerprint density at radius 3 is 2.71 bits per heavy atom. The highest BCUT2D eigenvalue weighted by atomic mass is 32.1. The predicted molar refractivity (Wildman–Crippen MR) is 83.0 cm³/mol. The molecule has 0 aliphatic carbocycles. The van der Waals surface area contributed by atoms with E-state index < -0.39 is 0 Å². The van der Waals surface area contributed by atoms with Gasteiger partial charge in [-0.15, -0.1) is 0 Å². The first kappa shape index (κ1) is 15.0. The zero-order valence-corrected chi connectivity index (χ0v) is 12.4. The van der Waals surface area contributed by atoms with E-state index in [0.717, 1.165) is 16.8 Å². The van der Waals surface area contributed by atoms with E-state index in [0.29, 0.717) is 17.3 Å². The lowest BCUT2D eigenvalue weighted by atomic mass is 10.2. The van der Waals surface area contributed by atoms with Crippen molar-refractivity contribution < 1.29 is 9.53 Å². The van der Waals surface area contributed by atoms with Crippen molar-refractivity contribution in [1.82, 2.24) is 15.5 Å². The molecule has 2 rings (SSSR count). The number of nitrogens with one attached hydrogen (secondary N) is 2. The van der Waals surface area contributed by atoms with Crippen molar-refractivity contribution >= 4 is 23.1 Å². The van der Waals surface area contributed by atoms with Crippen LogP contribution in [0.1, 0.15) is 16.8 Å². The van der Waals surface area contributed by atoms with Crippen molar-refractivity contribution in [3.8, 4) is 5.75 Å². The minimum atomic E-state index is -0.200. The van der Waals surface area contributed by atoms with Crippen LogP contribution in [0.4, 0.5) is 0 Å². The summed E-state index contributed by atoms with van der Waals surface area (Å²) < 4.78 is 5.38. The maximum Gasteiger partial charge on any atom is 0.258 e. The Bertz CT molecular complexity index is 637. The van der Waals surface area contributed by atoms with E-state index in [1.165, 1.54) is 0 Å². The van der Waals surface area contributed by atoms with Gasteiger partial charge in [-0.2, -0.15) is 5.10 Å². The summed E-state index contributed by atoms with van der Waals surface area (Å²) >= 11 is 4.86. The van der Waals surface area contributed by atoms with Gasteiger partial charge in [-0.25, -0.2) is 0 Å². The number of nitrogens with two attached hydrogens (primary N) is 1. The number of benzene rings is 1. The molecule has 4 N–H and O–H groups in total. The molecule has 7 heteroatoms. The maximum atomic E-state index is 11.7. The zero-order chi connectivity index (χ0) is 15.2. The van der Waals surface area contributed by atoms with Gasteiger partial charge in [-0.1, -0.05) is 12.2 Å². The lowest BCUT2D eigenvalue weighted by molar-refractivity contribution is -0.123. The number of aryl methyl sites for hydroxylation is 1. The van der Waals surface area contributed by atoms with Crippen LogP contribution in [-0.2, 0) is 11.3 Å².